The van der Waals surface area contributed by atoms with Crippen LogP contribution in [0.15, 0.2) is 42.7 Å². The zero-order valence-electron chi connectivity index (χ0n) is 10.7. The van der Waals surface area contributed by atoms with E-state index in [0.717, 1.165) is 5.56 Å². The molecule has 3 rings (SSSR count). The van der Waals surface area contributed by atoms with Gasteiger partial charge in [-0.1, -0.05) is 0 Å². The van der Waals surface area contributed by atoms with E-state index in [1.807, 2.05) is 18.2 Å². The summed E-state index contributed by atoms with van der Waals surface area (Å²) < 4.78 is 0. The summed E-state index contributed by atoms with van der Waals surface area (Å²) in [7, 11) is 0. The molecule has 2 aromatic heterocycles. The third-order valence-electron chi connectivity index (χ3n) is 2.81. The van der Waals surface area contributed by atoms with E-state index in [9.17, 15) is 0 Å². The van der Waals surface area contributed by atoms with Crippen molar-refractivity contribution in [2.45, 2.75) is 0 Å². The Kier molecular flexibility index (Phi) is 3.08. The summed E-state index contributed by atoms with van der Waals surface area (Å²) >= 11 is 0. The number of pyridine rings is 1. The van der Waals surface area contributed by atoms with Crippen molar-refractivity contribution in [1.29, 1.82) is 10.5 Å². The van der Waals surface area contributed by atoms with Gasteiger partial charge >= 0.3 is 0 Å². The number of hydrogen-bond acceptors (Lipinski definition) is 6. The van der Waals surface area contributed by atoms with Crippen molar-refractivity contribution < 1.29 is 0 Å². The van der Waals surface area contributed by atoms with Crippen LogP contribution < -0.4 is 0 Å². The lowest BCUT2D eigenvalue weighted by Gasteiger charge is -1.99. The van der Waals surface area contributed by atoms with Crippen LogP contribution in [0.4, 0.5) is 0 Å². The molecule has 7 nitrogen and oxygen atoms in total. The van der Waals surface area contributed by atoms with Crippen molar-refractivity contribution in [2.24, 2.45) is 0 Å². The summed E-state index contributed by atoms with van der Waals surface area (Å²) in [6.07, 6.45) is 3.30. The number of benzene rings is 1. The molecule has 0 atom stereocenters. The molecule has 0 aliphatic carbocycles. The van der Waals surface area contributed by atoms with Gasteiger partial charge in [0.25, 0.3) is 0 Å². The van der Waals surface area contributed by atoms with Gasteiger partial charge in [0.1, 0.15) is 12.1 Å². The normalized spacial score (nSPS) is 9.81. The highest BCUT2D eigenvalue weighted by molar-refractivity contribution is 5.53. The minimum absolute atomic E-state index is 0.273. The molecule has 0 aliphatic rings. The molecule has 0 spiro atoms. The summed E-state index contributed by atoms with van der Waals surface area (Å²) in [6.45, 7) is 0. The summed E-state index contributed by atoms with van der Waals surface area (Å²) in [6, 6.07) is 12.3. The highest BCUT2D eigenvalue weighted by Crippen LogP contribution is 2.15. The first-order valence-electron chi connectivity index (χ1n) is 5.97. The van der Waals surface area contributed by atoms with Crippen LogP contribution in [0, 0.1) is 22.7 Å². The van der Waals surface area contributed by atoms with Crippen molar-refractivity contribution >= 4 is 0 Å². The molecule has 0 saturated heterocycles. The van der Waals surface area contributed by atoms with E-state index < -0.39 is 0 Å². The molecule has 0 fully saturated rings. The second-order valence-corrected chi connectivity index (χ2v) is 4.10. The van der Waals surface area contributed by atoms with Crippen LogP contribution in [0.5, 0.6) is 0 Å². The largest absolute Gasteiger partial charge is 0.264 e. The van der Waals surface area contributed by atoms with Gasteiger partial charge in [0, 0.05) is 18.0 Å². The quantitative estimate of drug-likeness (QED) is 0.700. The minimum atomic E-state index is 0.273. The van der Waals surface area contributed by atoms with Gasteiger partial charge < -0.3 is 0 Å². The van der Waals surface area contributed by atoms with Gasteiger partial charge in [-0.3, -0.25) is 4.98 Å². The Morgan fingerprint density at radius 3 is 2.62 bits per heavy atom. The smallest absolute Gasteiger partial charge is 0.206 e. The molecule has 98 valence electrons. The number of aromatic nitrogens is 5. The molecule has 0 unspecified atom stereocenters. The van der Waals surface area contributed by atoms with Crippen LogP contribution in [0.25, 0.3) is 17.1 Å². The number of tetrazole rings is 1. The topological polar surface area (TPSA) is 104 Å². The number of nitrogens with zero attached hydrogens (tertiary/aromatic N) is 7. The minimum Gasteiger partial charge on any atom is -0.264 e. The summed E-state index contributed by atoms with van der Waals surface area (Å²) in [4.78, 5) is 5.31. The predicted octanol–water partition coefficient (Wildman–Crippen LogP) is 1.47. The molecule has 21 heavy (non-hydrogen) atoms. The molecule has 0 radical (unpaired) electrons. The first-order chi connectivity index (χ1) is 10.3. The van der Waals surface area contributed by atoms with Crippen molar-refractivity contribution in [1.82, 2.24) is 25.2 Å². The third kappa shape index (κ3) is 2.31. The van der Waals surface area contributed by atoms with Gasteiger partial charge in [-0.2, -0.15) is 10.5 Å². The molecule has 0 aliphatic heterocycles. The molecule has 0 bridgehead atoms. The molecule has 0 N–H and O–H groups in total. The third-order valence-corrected chi connectivity index (χ3v) is 2.81. The maximum atomic E-state index is 9.03. The summed E-state index contributed by atoms with van der Waals surface area (Å²) in [5.74, 6) is 0.436. The Labute approximate surface area is 119 Å². The Morgan fingerprint density at radius 2 is 1.90 bits per heavy atom. The highest BCUT2D eigenvalue weighted by atomic mass is 15.6. The van der Waals surface area contributed by atoms with Crippen molar-refractivity contribution in [2.75, 3.05) is 0 Å². The lowest BCUT2D eigenvalue weighted by molar-refractivity contribution is 0.720. The van der Waals surface area contributed by atoms with E-state index >= 15 is 0 Å². The molecule has 3 aromatic rings. The molecular weight excluding hydrogens is 266 g/mol. The molecule has 7 heteroatoms. The van der Waals surface area contributed by atoms with Crippen LogP contribution >= 0.6 is 0 Å². The maximum Gasteiger partial charge on any atom is 0.206 e. The molecule has 1 aromatic carbocycles. The van der Waals surface area contributed by atoms with E-state index in [2.05, 4.69) is 20.4 Å². The average molecular weight is 273 g/mol. The maximum absolute atomic E-state index is 9.03. The van der Waals surface area contributed by atoms with Gasteiger partial charge in [0.15, 0.2) is 0 Å². The van der Waals surface area contributed by atoms with Gasteiger partial charge in [0.2, 0.25) is 5.82 Å². The van der Waals surface area contributed by atoms with Gasteiger partial charge in [-0.25, -0.2) is 0 Å². The first kappa shape index (κ1) is 12.5. The van der Waals surface area contributed by atoms with Crippen molar-refractivity contribution in [3.05, 3.63) is 53.9 Å². The van der Waals surface area contributed by atoms with E-state index in [1.54, 1.807) is 36.7 Å². The Hall–Kier alpha value is -3.58. The lowest BCUT2D eigenvalue weighted by Crippen LogP contribution is -2.00. The fourth-order valence-corrected chi connectivity index (χ4v) is 1.78. The van der Waals surface area contributed by atoms with E-state index in [-0.39, 0.29) is 5.56 Å². The summed E-state index contributed by atoms with van der Waals surface area (Å²) in [5, 5.41) is 30.1. The van der Waals surface area contributed by atoms with E-state index in [0.29, 0.717) is 17.1 Å². The van der Waals surface area contributed by atoms with Crippen LogP contribution in [-0.4, -0.2) is 25.2 Å². The second-order valence-electron chi connectivity index (χ2n) is 4.10. The van der Waals surface area contributed by atoms with E-state index in [1.165, 1.54) is 4.80 Å². The fourth-order valence-electron chi connectivity index (χ4n) is 1.78. The summed E-state index contributed by atoms with van der Waals surface area (Å²) in [5.41, 5.74) is 1.90. The standard InChI is InChI=1S/C14H7N7/c15-7-10-3-4-13(6-12(10)8-16)21-19-14(18-20-21)11-2-1-5-17-9-11/h1-6,9H. The number of rotatable bonds is 2. The van der Waals surface area contributed by atoms with E-state index in [4.69, 9.17) is 10.5 Å². The first-order valence-corrected chi connectivity index (χ1v) is 5.97. The highest BCUT2D eigenvalue weighted by Gasteiger charge is 2.09. The van der Waals surface area contributed by atoms with Gasteiger partial charge in [-0.05, 0) is 35.5 Å². The molecule has 0 amide bonds. The van der Waals surface area contributed by atoms with Crippen molar-refractivity contribution in [3.63, 3.8) is 0 Å². The predicted molar refractivity (Wildman–Crippen MR) is 71.8 cm³/mol. The van der Waals surface area contributed by atoms with Crippen LogP contribution in [0.2, 0.25) is 0 Å². The zero-order chi connectivity index (χ0) is 14.7. The fraction of sp³-hybridized carbons (Fsp3) is 0. The van der Waals surface area contributed by atoms with Crippen LogP contribution in [0.1, 0.15) is 11.1 Å². The monoisotopic (exact) mass is 273 g/mol. The van der Waals surface area contributed by atoms with Gasteiger partial charge in [0.05, 0.1) is 16.8 Å². The van der Waals surface area contributed by atoms with Crippen molar-refractivity contribution in [3.8, 4) is 29.2 Å². The second kappa shape index (κ2) is 5.19. The lowest BCUT2D eigenvalue weighted by atomic mass is 10.1. The SMILES string of the molecule is N#Cc1ccc(-n2nnc(-c3cccnc3)n2)cc1C#N. The zero-order valence-corrected chi connectivity index (χ0v) is 10.7. The Morgan fingerprint density at radius 1 is 1.05 bits per heavy atom. The van der Waals surface area contributed by atoms with Crippen LogP contribution in [0.3, 0.4) is 0 Å². The Balaban J connectivity index is 2.02. The molecule has 2 heterocycles. The van der Waals surface area contributed by atoms with Crippen LogP contribution in [-0.2, 0) is 0 Å². The molecular formula is C14H7N7. The number of nitriles is 2. The number of hydrogen-bond donors (Lipinski definition) is 0. The Bertz CT molecular complexity index is 868. The average Bonchev–Trinajstić information content (AvgIpc) is 3.05. The van der Waals surface area contributed by atoms with Gasteiger partial charge in [-0.15, -0.1) is 15.0 Å². The molecule has 0 saturated carbocycles.